The smallest absolute Gasteiger partial charge is 0.212 e. The van der Waals surface area contributed by atoms with Crippen LogP contribution in [-0.4, -0.2) is 27.6 Å². The van der Waals surface area contributed by atoms with Crippen LogP contribution in [0.3, 0.4) is 0 Å². The third kappa shape index (κ3) is 3.49. The van der Waals surface area contributed by atoms with Crippen molar-refractivity contribution >= 4 is 5.65 Å². The van der Waals surface area contributed by atoms with Gasteiger partial charge in [-0.2, -0.15) is 0 Å². The molecule has 0 amide bonds. The summed E-state index contributed by atoms with van der Waals surface area (Å²) in [6.45, 7) is 4.05. The minimum absolute atomic E-state index is 0.166. The lowest BCUT2D eigenvalue weighted by Crippen LogP contribution is -2.05. The van der Waals surface area contributed by atoms with E-state index in [1.54, 1.807) is 13.3 Å². The van der Waals surface area contributed by atoms with Crippen molar-refractivity contribution in [3.05, 3.63) is 67.1 Å². The Morgan fingerprint density at radius 2 is 1.56 bits per heavy atom. The number of aromatic nitrogens is 3. The van der Waals surface area contributed by atoms with Crippen LogP contribution in [0.2, 0.25) is 0 Å². The van der Waals surface area contributed by atoms with Gasteiger partial charge in [0.1, 0.15) is 11.4 Å². The normalized spacial score (nSPS) is 11.1. The molecule has 4 aromatic rings. The fourth-order valence-corrected chi connectivity index (χ4v) is 3.02. The number of rotatable bonds is 5. The Balaban J connectivity index is 1.71. The highest BCUT2D eigenvalue weighted by Crippen LogP contribution is 2.27. The molecule has 0 radical (unpaired) electrons. The number of benzene rings is 1. The van der Waals surface area contributed by atoms with E-state index in [0.717, 1.165) is 33.8 Å². The van der Waals surface area contributed by atoms with Crippen LogP contribution in [0, 0.1) is 0 Å². The van der Waals surface area contributed by atoms with Gasteiger partial charge in [-0.3, -0.25) is 4.40 Å². The number of hydrogen-bond donors (Lipinski definition) is 0. The molecule has 0 saturated carbocycles. The molecule has 136 valence electrons. The zero-order chi connectivity index (χ0) is 18.8. The quantitative estimate of drug-likeness (QED) is 0.511. The number of nitrogens with zero attached hydrogens (tertiary/aromatic N) is 3. The molecule has 3 heterocycles. The average Bonchev–Trinajstić information content (AvgIpc) is 3.11. The van der Waals surface area contributed by atoms with Crippen LogP contribution in [0.5, 0.6) is 11.6 Å². The van der Waals surface area contributed by atoms with Gasteiger partial charge in [-0.25, -0.2) is 9.97 Å². The first-order chi connectivity index (χ1) is 13.1. The topological polar surface area (TPSA) is 48.7 Å². The second kappa shape index (κ2) is 7.11. The van der Waals surface area contributed by atoms with Gasteiger partial charge in [-0.1, -0.05) is 12.1 Å². The van der Waals surface area contributed by atoms with Crippen molar-refractivity contribution in [2.75, 3.05) is 7.11 Å². The summed E-state index contributed by atoms with van der Waals surface area (Å²) in [5, 5.41) is 0. The summed E-state index contributed by atoms with van der Waals surface area (Å²) in [6.07, 6.45) is 5.92. The van der Waals surface area contributed by atoms with E-state index in [1.807, 2.05) is 50.4 Å². The maximum Gasteiger partial charge on any atom is 0.212 e. The fourth-order valence-electron chi connectivity index (χ4n) is 3.02. The lowest BCUT2D eigenvalue weighted by molar-refractivity contribution is 0.242. The van der Waals surface area contributed by atoms with Crippen LogP contribution in [0.25, 0.3) is 28.0 Å². The first kappa shape index (κ1) is 17.1. The molecule has 27 heavy (non-hydrogen) atoms. The van der Waals surface area contributed by atoms with E-state index >= 15 is 0 Å². The van der Waals surface area contributed by atoms with Crippen molar-refractivity contribution in [1.29, 1.82) is 0 Å². The van der Waals surface area contributed by atoms with E-state index < -0.39 is 0 Å². The highest BCUT2D eigenvalue weighted by molar-refractivity contribution is 5.69. The lowest BCUT2D eigenvalue weighted by Gasteiger charge is -2.10. The van der Waals surface area contributed by atoms with Crippen LogP contribution < -0.4 is 9.47 Å². The predicted molar refractivity (Wildman–Crippen MR) is 106 cm³/mol. The van der Waals surface area contributed by atoms with Gasteiger partial charge >= 0.3 is 0 Å². The van der Waals surface area contributed by atoms with E-state index in [9.17, 15) is 0 Å². The van der Waals surface area contributed by atoms with Crippen molar-refractivity contribution in [3.8, 4) is 34.0 Å². The molecule has 4 rings (SSSR count). The van der Waals surface area contributed by atoms with Gasteiger partial charge in [0.2, 0.25) is 5.88 Å². The van der Waals surface area contributed by atoms with Crippen molar-refractivity contribution < 1.29 is 9.47 Å². The minimum atomic E-state index is 0.166. The van der Waals surface area contributed by atoms with E-state index in [2.05, 4.69) is 38.8 Å². The van der Waals surface area contributed by atoms with E-state index in [4.69, 9.17) is 9.47 Å². The van der Waals surface area contributed by atoms with Crippen molar-refractivity contribution in [1.82, 2.24) is 14.4 Å². The standard InChI is InChI=1S/C22H21N3O2/c1-15(2)27-19-8-4-16(5-9-19)18-6-10-21-23-13-20(25(21)14-18)17-7-11-22(26-3)24-12-17/h4-15H,1-3H3. The largest absolute Gasteiger partial charge is 0.491 e. The molecule has 0 N–H and O–H groups in total. The molecule has 5 heteroatoms. The van der Waals surface area contributed by atoms with Crippen LogP contribution in [-0.2, 0) is 0 Å². The highest BCUT2D eigenvalue weighted by Gasteiger charge is 2.09. The molecule has 3 aromatic heterocycles. The molecule has 0 atom stereocenters. The summed E-state index contributed by atoms with van der Waals surface area (Å²) < 4.78 is 12.9. The minimum Gasteiger partial charge on any atom is -0.491 e. The molecular weight excluding hydrogens is 338 g/mol. The maximum absolute atomic E-state index is 5.73. The summed E-state index contributed by atoms with van der Waals surface area (Å²) in [7, 11) is 1.61. The van der Waals surface area contributed by atoms with Crippen LogP contribution in [0.1, 0.15) is 13.8 Å². The number of methoxy groups -OCH3 is 1. The molecule has 0 fully saturated rings. The first-order valence-corrected chi connectivity index (χ1v) is 8.88. The van der Waals surface area contributed by atoms with Crippen LogP contribution >= 0.6 is 0 Å². The van der Waals surface area contributed by atoms with Gasteiger partial charge in [0.05, 0.1) is 25.1 Å². The molecule has 1 aromatic carbocycles. The van der Waals surface area contributed by atoms with Gasteiger partial charge in [-0.05, 0) is 55.3 Å². The monoisotopic (exact) mass is 359 g/mol. The Morgan fingerprint density at radius 3 is 2.22 bits per heavy atom. The van der Waals surface area contributed by atoms with Gasteiger partial charge in [0, 0.05) is 24.0 Å². The average molecular weight is 359 g/mol. The SMILES string of the molecule is COc1ccc(-c2cnc3ccc(-c4ccc(OC(C)C)cc4)cn23)cn1. The molecule has 0 aliphatic carbocycles. The van der Waals surface area contributed by atoms with Gasteiger partial charge in [-0.15, -0.1) is 0 Å². The summed E-state index contributed by atoms with van der Waals surface area (Å²) in [4.78, 5) is 8.80. The summed E-state index contributed by atoms with van der Waals surface area (Å²) in [5.74, 6) is 1.47. The number of ether oxygens (including phenoxy) is 2. The predicted octanol–water partition coefficient (Wildman–Crippen LogP) is 4.86. The van der Waals surface area contributed by atoms with E-state index in [-0.39, 0.29) is 6.10 Å². The highest BCUT2D eigenvalue weighted by atomic mass is 16.5. The molecular formula is C22H21N3O2. The van der Waals surface area contributed by atoms with Gasteiger partial charge < -0.3 is 9.47 Å². The van der Waals surface area contributed by atoms with Crippen LogP contribution in [0.15, 0.2) is 67.1 Å². The molecule has 0 bridgehead atoms. The molecule has 0 saturated heterocycles. The molecule has 0 aliphatic heterocycles. The Bertz CT molecular complexity index is 1050. The second-order valence-corrected chi connectivity index (χ2v) is 6.57. The first-order valence-electron chi connectivity index (χ1n) is 8.88. The summed E-state index contributed by atoms with van der Waals surface area (Å²) >= 11 is 0. The van der Waals surface area contributed by atoms with Crippen molar-refractivity contribution in [2.45, 2.75) is 20.0 Å². The number of pyridine rings is 2. The Labute approximate surface area is 158 Å². The summed E-state index contributed by atoms with van der Waals surface area (Å²) in [5.41, 5.74) is 5.10. The Morgan fingerprint density at radius 1 is 0.815 bits per heavy atom. The Hall–Kier alpha value is -3.34. The zero-order valence-corrected chi connectivity index (χ0v) is 15.6. The summed E-state index contributed by atoms with van der Waals surface area (Å²) in [6, 6.07) is 16.1. The molecule has 5 nitrogen and oxygen atoms in total. The molecule has 0 unspecified atom stereocenters. The fraction of sp³-hybridized carbons (Fsp3) is 0.182. The number of imidazole rings is 1. The van der Waals surface area contributed by atoms with E-state index in [0.29, 0.717) is 5.88 Å². The zero-order valence-electron chi connectivity index (χ0n) is 15.6. The van der Waals surface area contributed by atoms with E-state index in [1.165, 1.54) is 0 Å². The van der Waals surface area contributed by atoms with Crippen molar-refractivity contribution in [2.24, 2.45) is 0 Å². The third-order valence-corrected chi connectivity index (χ3v) is 4.31. The second-order valence-electron chi connectivity index (χ2n) is 6.57. The van der Waals surface area contributed by atoms with Gasteiger partial charge in [0.15, 0.2) is 0 Å². The lowest BCUT2D eigenvalue weighted by atomic mass is 10.1. The van der Waals surface area contributed by atoms with Crippen molar-refractivity contribution in [3.63, 3.8) is 0 Å². The third-order valence-electron chi connectivity index (χ3n) is 4.31. The van der Waals surface area contributed by atoms with Gasteiger partial charge in [0.25, 0.3) is 0 Å². The number of hydrogen-bond acceptors (Lipinski definition) is 4. The van der Waals surface area contributed by atoms with Crippen LogP contribution in [0.4, 0.5) is 0 Å². The number of fused-ring (bicyclic) bond motifs is 1. The maximum atomic E-state index is 5.73. The Kier molecular flexibility index (Phi) is 4.50. The molecule has 0 aliphatic rings. The molecule has 0 spiro atoms.